The van der Waals surface area contributed by atoms with Crippen molar-refractivity contribution in [1.29, 1.82) is 0 Å². The number of rotatable bonds is 7. The van der Waals surface area contributed by atoms with Crippen LogP contribution in [0.1, 0.15) is 19.4 Å². The van der Waals surface area contributed by atoms with E-state index in [1.54, 1.807) is 21.1 Å². The Morgan fingerprint density at radius 2 is 1.48 bits per heavy atom. The molecule has 0 aliphatic carbocycles. The minimum absolute atomic E-state index is 0.219. The van der Waals surface area contributed by atoms with Crippen molar-refractivity contribution >= 4 is 17.3 Å². The summed E-state index contributed by atoms with van der Waals surface area (Å²) in [6.45, 7) is 3.61. The lowest BCUT2D eigenvalue weighted by Gasteiger charge is -2.14. The Bertz CT molecular complexity index is 725. The van der Waals surface area contributed by atoms with Crippen LogP contribution in [-0.4, -0.2) is 31.9 Å². The van der Waals surface area contributed by atoms with E-state index in [-0.39, 0.29) is 5.91 Å². The number of benzene rings is 2. The number of nitrogens with zero attached hydrogens (tertiary/aromatic N) is 1. The van der Waals surface area contributed by atoms with Gasteiger partial charge in [0.25, 0.3) is 5.91 Å². The summed E-state index contributed by atoms with van der Waals surface area (Å²) in [6.07, 6.45) is 0. The van der Waals surface area contributed by atoms with Crippen LogP contribution in [0.2, 0.25) is 0 Å². The van der Waals surface area contributed by atoms with Gasteiger partial charge >= 0.3 is 0 Å². The Hall–Kier alpha value is -3.02. The van der Waals surface area contributed by atoms with Gasteiger partial charge in [0, 0.05) is 5.69 Å². The minimum Gasteiger partial charge on any atom is -0.497 e. The molecular formula is C19H23N3O3. The first-order chi connectivity index (χ1) is 12.0. The van der Waals surface area contributed by atoms with Crippen LogP contribution in [0.25, 0.3) is 0 Å². The number of hydrazone groups is 1. The van der Waals surface area contributed by atoms with E-state index >= 15 is 0 Å². The SMILES string of the molecule is COc1ccc(N[C@H](C)C(=O)NN=C(C)c2ccc(OC)cc2)cc1. The van der Waals surface area contributed by atoms with E-state index in [4.69, 9.17) is 9.47 Å². The van der Waals surface area contributed by atoms with Crippen molar-refractivity contribution < 1.29 is 14.3 Å². The quantitative estimate of drug-likeness (QED) is 0.600. The van der Waals surface area contributed by atoms with Gasteiger partial charge in [-0.05, 0) is 67.9 Å². The molecule has 6 nitrogen and oxygen atoms in total. The maximum absolute atomic E-state index is 12.2. The molecule has 0 unspecified atom stereocenters. The lowest BCUT2D eigenvalue weighted by atomic mass is 10.1. The highest BCUT2D eigenvalue weighted by atomic mass is 16.5. The molecule has 0 bridgehead atoms. The zero-order valence-electron chi connectivity index (χ0n) is 14.9. The van der Waals surface area contributed by atoms with Crippen LogP contribution in [0.4, 0.5) is 5.69 Å². The van der Waals surface area contributed by atoms with Crippen LogP contribution < -0.4 is 20.2 Å². The third kappa shape index (κ3) is 5.24. The van der Waals surface area contributed by atoms with Gasteiger partial charge in [0.1, 0.15) is 17.5 Å². The van der Waals surface area contributed by atoms with Gasteiger partial charge in [-0.1, -0.05) is 0 Å². The van der Waals surface area contributed by atoms with E-state index in [9.17, 15) is 4.79 Å². The summed E-state index contributed by atoms with van der Waals surface area (Å²) in [5.41, 5.74) is 5.04. The van der Waals surface area contributed by atoms with Gasteiger partial charge in [0.2, 0.25) is 0 Å². The Morgan fingerprint density at radius 3 is 2.00 bits per heavy atom. The van der Waals surface area contributed by atoms with Gasteiger partial charge in [-0.3, -0.25) is 4.79 Å². The predicted octanol–water partition coefficient (Wildman–Crippen LogP) is 3.04. The Kier molecular flexibility index (Phi) is 6.39. The van der Waals surface area contributed by atoms with E-state index in [2.05, 4.69) is 15.8 Å². The smallest absolute Gasteiger partial charge is 0.262 e. The van der Waals surface area contributed by atoms with E-state index < -0.39 is 6.04 Å². The number of ether oxygens (including phenoxy) is 2. The molecule has 2 aromatic rings. The van der Waals surface area contributed by atoms with Crippen LogP contribution in [0.3, 0.4) is 0 Å². The van der Waals surface area contributed by atoms with E-state index in [0.29, 0.717) is 5.71 Å². The van der Waals surface area contributed by atoms with Gasteiger partial charge in [-0.15, -0.1) is 0 Å². The lowest BCUT2D eigenvalue weighted by Crippen LogP contribution is -2.35. The van der Waals surface area contributed by atoms with Gasteiger partial charge in [0.15, 0.2) is 0 Å². The first-order valence-electron chi connectivity index (χ1n) is 7.92. The molecule has 0 heterocycles. The first-order valence-corrected chi connectivity index (χ1v) is 7.92. The van der Waals surface area contributed by atoms with Crippen LogP contribution in [-0.2, 0) is 4.79 Å². The number of amides is 1. The van der Waals surface area contributed by atoms with Crippen molar-refractivity contribution in [2.24, 2.45) is 5.10 Å². The third-order valence-corrected chi connectivity index (χ3v) is 3.71. The van der Waals surface area contributed by atoms with Crippen molar-refractivity contribution in [2.45, 2.75) is 19.9 Å². The van der Waals surface area contributed by atoms with Crippen molar-refractivity contribution in [3.8, 4) is 11.5 Å². The van der Waals surface area contributed by atoms with Gasteiger partial charge < -0.3 is 14.8 Å². The molecule has 0 aromatic heterocycles. The molecule has 6 heteroatoms. The molecule has 2 aromatic carbocycles. The second-order valence-corrected chi connectivity index (χ2v) is 5.50. The average Bonchev–Trinajstić information content (AvgIpc) is 2.66. The van der Waals surface area contributed by atoms with Crippen LogP contribution in [0, 0.1) is 0 Å². The number of methoxy groups -OCH3 is 2. The van der Waals surface area contributed by atoms with Crippen LogP contribution in [0.5, 0.6) is 11.5 Å². The van der Waals surface area contributed by atoms with Crippen LogP contribution in [0.15, 0.2) is 53.6 Å². The largest absolute Gasteiger partial charge is 0.497 e. The van der Waals surface area contributed by atoms with E-state index in [0.717, 1.165) is 22.7 Å². The lowest BCUT2D eigenvalue weighted by molar-refractivity contribution is -0.121. The number of carbonyl (C=O) groups is 1. The Balaban J connectivity index is 1.92. The number of carbonyl (C=O) groups excluding carboxylic acids is 1. The molecule has 0 spiro atoms. The van der Waals surface area contributed by atoms with Gasteiger partial charge in [-0.25, -0.2) is 5.43 Å². The summed E-state index contributed by atoms with van der Waals surface area (Å²) in [6, 6.07) is 14.4. The molecule has 0 aliphatic rings. The molecular weight excluding hydrogens is 318 g/mol. The maximum Gasteiger partial charge on any atom is 0.262 e. The molecule has 25 heavy (non-hydrogen) atoms. The molecule has 2 rings (SSSR count). The molecule has 1 amide bonds. The summed E-state index contributed by atoms with van der Waals surface area (Å²) in [7, 11) is 3.23. The highest BCUT2D eigenvalue weighted by Crippen LogP contribution is 2.16. The molecule has 1 atom stereocenters. The zero-order valence-corrected chi connectivity index (χ0v) is 14.9. The van der Waals surface area contributed by atoms with Gasteiger partial charge in [-0.2, -0.15) is 5.10 Å². The van der Waals surface area contributed by atoms with Gasteiger partial charge in [0.05, 0.1) is 19.9 Å². The number of hydrogen-bond acceptors (Lipinski definition) is 5. The molecule has 0 radical (unpaired) electrons. The predicted molar refractivity (Wildman–Crippen MR) is 99.4 cm³/mol. The molecule has 0 fully saturated rings. The second-order valence-electron chi connectivity index (χ2n) is 5.50. The molecule has 132 valence electrons. The number of hydrogen-bond donors (Lipinski definition) is 2. The molecule has 0 aliphatic heterocycles. The van der Waals surface area contributed by atoms with Crippen molar-refractivity contribution in [1.82, 2.24) is 5.43 Å². The van der Waals surface area contributed by atoms with E-state index in [1.165, 1.54) is 0 Å². The fourth-order valence-corrected chi connectivity index (χ4v) is 2.14. The Morgan fingerprint density at radius 1 is 0.960 bits per heavy atom. The summed E-state index contributed by atoms with van der Waals surface area (Å²) >= 11 is 0. The zero-order chi connectivity index (χ0) is 18.2. The standard InChI is InChI=1S/C19H23N3O3/c1-13(15-5-9-17(24-3)10-6-15)21-22-19(23)14(2)20-16-7-11-18(25-4)12-8-16/h5-12,14,20H,1-4H3,(H,22,23)/t14-/m1/s1. The summed E-state index contributed by atoms with van der Waals surface area (Å²) in [5.74, 6) is 1.32. The normalized spacial score (nSPS) is 12.2. The maximum atomic E-state index is 12.2. The highest BCUT2D eigenvalue weighted by Gasteiger charge is 2.12. The minimum atomic E-state index is -0.430. The fraction of sp³-hybridized carbons (Fsp3) is 0.263. The monoisotopic (exact) mass is 341 g/mol. The summed E-state index contributed by atoms with van der Waals surface area (Å²) in [4.78, 5) is 12.2. The van der Waals surface area contributed by atoms with Crippen molar-refractivity contribution in [3.05, 3.63) is 54.1 Å². The highest BCUT2D eigenvalue weighted by molar-refractivity contribution is 5.99. The topological polar surface area (TPSA) is 72.0 Å². The van der Waals surface area contributed by atoms with Crippen molar-refractivity contribution in [2.75, 3.05) is 19.5 Å². The molecule has 0 saturated carbocycles. The molecule has 0 saturated heterocycles. The summed E-state index contributed by atoms with van der Waals surface area (Å²) in [5, 5.41) is 7.27. The first kappa shape index (κ1) is 18.3. The Labute approximate surface area is 147 Å². The van der Waals surface area contributed by atoms with Crippen molar-refractivity contribution in [3.63, 3.8) is 0 Å². The number of anilines is 1. The van der Waals surface area contributed by atoms with Crippen LogP contribution >= 0.6 is 0 Å². The number of nitrogens with one attached hydrogen (secondary N) is 2. The third-order valence-electron chi connectivity index (χ3n) is 3.71. The fourth-order valence-electron chi connectivity index (χ4n) is 2.14. The summed E-state index contributed by atoms with van der Waals surface area (Å²) < 4.78 is 10.2. The second kappa shape index (κ2) is 8.73. The van der Waals surface area contributed by atoms with E-state index in [1.807, 2.05) is 55.5 Å². The average molecular weight is 341 g/mol. The molecule has 2 N–H and O–H groups in total.